The Morgan fingerprint density at radius 3 is 2.50 bits per heavy atom. The molecule has 7 heteroatoms. The number of benzene rings is 1. The molecule has 0 radical (unpaired) electrons. The Morgan fingerprint density at radius 1 is 1.20 bits per heavy atom. The van der Waals surface area contributed by atoms with Crippen molar-refractivity contribution in [3.8, 4) is 11.5 Å². The predicted octanol–water partition coefficient (Wildman–Crippen LogP) is 1.20. The summed E-state index contributed by atoms with van der Waals surface area (Å²) in [6.45, 7) is 1.45. The van der Waals surface area contributed by atoms with E-state index in [-0.39, 0.29) is 5.25 Å². The van der Waals surface area contributed by atoms with Crippen LogP contribution in [0.25, 0.3) is 0 Å². The summed E-state index contributed by atoms with van der Waals surface area (Å²) in [6.07, 6.45) is 1.23. The summed E-state index contributed by atoms with van der Waals surface area (Å²) in [5, 5.41) is 2.78. The van der Waals surface area contributed by atoms with Crippen molar-refractivity contribution < 1.29 is 17.9 Å². The smallest absolute Gasteiger partial charge is 0.235 e. The Labute approximate surface area is 119 Å². The topological polar surface area (TPSA) is 76.7 Å². The van der Waals surface area contributed by atoms with Crippen LogP contribution in [0.15, 0.2) is 18.2 Å². The maximum Gasteiger partial charge on any atom is 0.235 e. The number of hydrogen-bond acceptors (Lipinski definition) is 5. The Morgan fingerprint density at radius 2 is 1.90 bits per heavy atom. The van der Waals surface area contributed by atoms with Crippen molar-refractivity contribution in [2.24, 2.45) is 0 Å². The van der Waals surface area contributed by atoms with Gasteiger partial charge in [-0.3, -0.25) is 4.72 Å². The van der Waals surface area contributed by atoms with Gasteiger partial charge >= 0.3 is 0 Å². The second-order valence-electron chi connectivity index (χ2n) is 4.66. The molecule has 0 aliphatic carbocycles. The SMILES string of the molecule is COc1ccc(OC)c(NS(=O)(=O)C2CCNCC2)c1. The average molecular weight is 300 g/mol. The first-order chi connectivity index (χ1) is 9.56. The Hall–Kier alpha value is -1.47. The first-order valence-electron chi connectivity index (χ1n) is 6.51. The third-order valence-corrected chi connectivity index (χ3v) is 5.24. The summed E-state index contributed by atoms with van der Waals surface area (Å²) in [5.74, 6) is 1.05. The molecule has 1 aliphatic rings. The van der Waals surface area contributed by atoms with Crippen LogP contribution < -0.4 is 19.5 Å². The summed E-state index contributed by atoms with van der Waals surface area (Å²) in [7, 11) is -0.381. The van der Waals surface area contributed by atoms with Gasteiger partial charge in [0.05, 0.1) is 25.2 Å². The van der Waals surface area contributed by atoms with Crippen LogP contribution in [-0.2, 0) is 10.0 Å². The van der Waals surface area contributed by atoms with Crippen LogP contribution in [0.4, 0.5) is 5.69 Å². The van der Waals surface area contributed by atoms with Gasteiger partial charge in [0.1, 0.15) is 11.5 Å². The van der Waals surface area contributed by atoms with E-state index in [1.807, 2.05) is 0 Å². The maximum atomic E-state index is 12.4. The molecule has 0 bridgehead atoms. The first kappa shape index (κ1) is 14.9. The minimum atomic E-state index is -3.42. The number of rotatable bonds is 5. The van der Waals surface area contributed by atoms with Gasteiger partial charge in [-0.2, -0.15) is 0 Å². The molecular formula is C13H20N2O4S. The molecule has 6 nitrogen and oxygen atoms in total. The van der Waals surface area contributed by atoms with Gasteiger partial charge in [-0.05, 0) is 38.1 Å². The van der Waals surface area contributed by atoms with E-state index in [2.05, 4.69) is 10.0 Å². The van der Waals surface area contributed by atoms with Crippen molar-refractivity contribution >= 4 is 15.7 Å². The molecule has 1 saturated heterocycles. The molecule has 0 amide bonds. The van der Waals surface area contributed by atoms with Crippen molar-refractivity contribution in [1.29, 1.82) is 0 Å². The highest BCUT2D eigenvalue weighted by molar-refractivity contribution is 7.93. The monoisotopic (exact) mass is 300 g/mol. The lowest BCUT2D eigenvalue weighted by atomic mass is 10.2. The lowest BCUT2D eigenvalue weighted by Gasteiger charge is -2.23. The molecule has 0 spiro atoms. The molecule has 1 aliphatic heterocycles. The zero-order chi connectivity index (χ0) is 14.6. The molecule has 1 aromatic rings. The summed E-state index contributed by atoms with van der Waals surface area (Å²) in [4.78, 5) is 0. The maximum absolute atomic E-state index is 12.4. The van der Waals surface area contributed by atoms with Crippen LogP contribution >= 0.6 is 0 Å². The van der Waals surface area contributed by atoms with E-state index in [0.717, 1.165) is 13.1 Å². The van der Waals surface area contributed by atoms with Crippen LogP contribution in [0.5, 0.6) is 11.5 Å². The minimum Gasteiger partial charge on any atom is -0.497 e. The molecule has 0 atom stereocenters. The number of anilines is 1. The second kappa shape index (κ2) is 6.32. The summed E-state index contributed by atoms with van der Waals surface area (Å²) < 4.78 is 37.7. The van der Waals surface area contributed by atoms with Crippen LogP contribution in [0, 0.1) is 0 Å². The van der Waals surface area contributed by atoms with Gasteiger partial charge in [-0.15, -0.1) is 0 Å². The number of methoxy groups -OCH3 is 2. The van der Waals surface area contributed by atoms with Crippen LogP contribution in [-0.4, -0.2) is 41.0 Å². The van der Waals surface area contributed by atoms with Gasteiger partial charge < -0.3 is 14.8 Å². The second-order valence-corrected chi connectivity index (χ2v) is 6.62. The number of hydrogen-bond donors (Lipinski definition) is 2. The van der Waals surface area contributed by atoms with Gasteiger partial charge in [0.2, 0.25) is 10.0 Å². The number of nitrogens with one attached hydrogen (secondary N) is 2. The average Bonchev–Trinajstić information content (AvgIpc) is 2.47. The van der Waals surface area contributed by atoms with E-state index < -0.39 is 10.0 Å². The molecule has 2 N–H and O–H groups in total. The molecule has 0 unspecified atom stereocenters. The van der Waals surface area contributed by atoms with Gasteiger partial charge in [0, 0.05) is 6.07 Å². The van der Waals surface area contributed by atoms with E-state index in [0.29, 0.717) is 30.0 Å². The van der Waals surface area contributed by atoms with Gasteiger partial charge in [0.15, 0.2) is 0 Å². The third kappa shape index (κ3) is 3.34. The molecule has 20 heavy (non-hydrogen) atoms. The Bertz CT molecular complexity index is 553. The fourth-order valence-corrected chi connectivity index (χ4v) is 3.73. The first-order valence-corrected chi connectivity index (χ1v) is 8.06. The summed E-state index contributed by atoms with van der Waals surface area (Å²) in [6, 6.07) is 5.03. The van der Waals surface area contributed by atoms with Gasteiger partial charge in [-0.25, -0.2) is 8.42 Å². The standard InChI is InChI=1S/C13H20N2O4S/c1-18-10-3-4-13(19-2)12(9-10)15-20(16,17)11-5-7-14-8-6-11/h3-4,9,11,14-15H,5-8H2,1-2H3. The largest absolute Gasteiger partial charge is 0.497 e. The van der Waals surface area contributed by atoms with Crippen molar-refractivity contribution in [1.82, 2.24) is 5.32 Å². The molecule has 0 aromatic heterocycles. The molecule has 1 fully saturated rings. The Balaban J connectivity index is 2.23. The normalized spacial score (nSPS) is 16.7. The molecule has 112 valence electrons. The molecule has 1 aromatic carbocycles. The third-order valence-electron chi connectivity index (χ3n) is 3.38. The van der Waals surface area contributed by atoms with Gasteiger partial charge in [-0.1, -0.05) is 0 Å². The summed E-state index contributed by atoms with van der Waals surface area (Å²) >= 11 is 0. The minimum absolute atomic E-state index is 0.375. The molecule has 1 heterocycles. The molecular weight excluding hydrogens is 280 g/mol. The highest BCUT2D eigenvalue weighted by atomic mass is 32.2. The van der Waals surface area contributed by atoms with Crippen LogP contribution in [0.3, 0.4) is 0 Å². The number of piperidine rings is 1. The fraction of sp³-hybridized carbons (Fsp3) is 0.538. The highest BCUT2D eigenvalue weighted by Gasteiger charge is 2.28. The fourth-order valence-electron chi connectivity index (χ4n) is 2.24. The van der Waals surface area contributed by atoms with Crippen molar-refractivity contribution in [2.75, 3.05) is 32.0 Å². The zero-order valence-electron chi connectivity index (χ0n) is 11.7. The molecule has 2 rings (SSSR count). The lowest BCUT2D eigenvalue weighted by Crippen LogP contribution is -2.38. The van der Waals surface area contributed by atoms with E-state index in [1.54, 1.807) is 18.2 Å². The van der Waals surface area contributed by atoms with Crippen LogP contribution in [0.2, 0.25) is 0 Å². The number of ether oxygens (including phenoxy) is 2. The Kier molecular flexibility index (Phi) is 4.72. The number of sulfonamides is 1. The lowest BCUT2D eigenvalue weighted by molar-refractivity contribution is 0.405. The van der Waals surface area contributed by atoms with E-state index in [4.69, 9.17) is 9.47 Å². The van der Waals surface area contributed by atoms with E-state index in [1.165, 1.54) is 14.2 Å². The van der Waals surface area contributed by atoms with Crippen molar-refractivity contribution in [3.05, 3.63) is 18.2 Å². The summed E-state index contributed by atoms with van der Waals surface area (Å²) in [5.41, 5.74) is 0.408. The predicted molar refractivity (Wildman–Crippen MR) is 78.0 cm³/mol. The van der Waals surface area contributed by atoms with E-state index in [9.17, 15) is 8.42 Å². The van der Waals surface area contributed by atoms with Gasteiger partial charge in [0.25, 0.3) is 0 Å². The highest BCUT2D eigenvalue weighted by Crippen LogP contribution is 2.30. The molecule has 0 saturated carbocycles. The van der Waals surface area contributed by atoms with Crippen LogP contribution in [0.1, 0.15) is 12.8 Å². The quantitative estimate of drug-likeness (QED) is 0.854. The van der Waals surface area contributed by atoms with Crippen molar-refractivity contribution in [3.63, 3.8) is 0 Å². The van der Waals surface area contributed by atoms with Crippen molar-refractivity contribution in [2.45, 2.75) is 18.1 Å². The van der Waals surface area contributed by atoms with E-state index >= 15 is 0 Å². The zero-order valence-corrected chi connectivity index (χ0v) is 12.5.